The molecule has 1 saturated carbocycles. The summed E-state index contributed by atoms with van der Waals surface area (Å²) in [5, 5.41) is 12.7. The van der Waals surface area contributed by atoms with E-state index in [1.165, 1.54) is 18.4 Å². The Kier molecular flexibility index (Phi) is 4.71. The summed E-state index contributed by atoms with van der Waals surface area (Å²) in [5.41, 5.74) is 2.63. The number of benzene rings is 1. The molecule has 0 radical (unpaired) electrons. The maximum Gasteiger partial charge on any atom is 0.122 e. The SMILES string of the molecule is Cc1cc(C(C)(C)C)ccc1OCC(CO)NC1CC1. The number of aliphatic hydroxyl groups is 1. The van der Waals surface area contributed by atoms with E-state index in [2.05, 4.69) is 45.1 Å². The summed E-state index contributed by atoms with van der Waals surface area (Å²) in [6.07, 6.45) is 2.44. The molecule has 3 heteroatoms. The van der Waals surface area contributed by atoms with Crippen LogP contribution < -0.4 is 10.1 Å². The summed E-state index contributed by atoms with van der Waals surface area (Å²) >= 11 is 0. The third kappa shape index (κ3) is 4.22. The molecule has 0 aromatic heterocycles. The average molecular weight is 277 g/mol. The first-order valence-corrected chi connectivity index (χ1v) is 7.51. The predicted molar refractivity (Wildman–Crippen MR) is 82.4 cm³/mol. The zero-order chi connectivity index (χ0) is 14.8. The zero-order valence-electron chi connectivity index (χ0n) is 13.1. The molecule has 1 aromatic carbocycles. The summed E-state index contributed by atoms with van der Waals surface area (Å²) in [6, 6.07) is 6.98. The van der Waals surface area contributed by atoms with Gasteiger partial charge in [-0.2, -0.15) is 0 Å². The monoisotopic (exact) mass is 277 g/mol. The molecule has 1 unspecified atom stereocenters. The molecule has 20 heavy (non-hydrogen) atoms. The van der Waals surface area contributed by atoms with E-state index in [1.807, 2.05) is 6.07 Å². The van der Waals surface area contributed by atoms with Crippen LogP contribution in [0, 0.1) is 6.92 Å². The Morgan fingerprint density at radius 1 is 1.35 bits per heavy atom. The van der Waals surface area contributed by atoms with Crippen molar-refractivity contribution in [3.8, 4) is 5.75 Å². The van der Waals surface area contributed by atoms with Gasteiger partial charge in [0.1, 0.15) is 12.4 Å². The Morgan fingerprint density at radius 2 is 2.05 bits per heavy atom. The van der Waals surface area contributed by atoms with Crippen LogP contribution in [-0.4, -0.2) is 30.4 Å². The van der Waals surface area contributed by atoms with E-state index in [0.717, 1.165) is 11.3 Å². The van der Waals surface area contributed by atoms with Gasteiger partial charge < -0.3 is 15.2 Å². The topological polar surface area (TPSA) is 41.5 Å². The van der Waals surface area contributed by atoms with Crippen molar-refractivity contribution in [3.05, 3.63) is 29.3 Å². The Balaban J connectivity index is 1.95. The van der Waals surface area contributed by atoms with Crippen LogP contribution in [0.25, 0.3) is 0 Å². The number of ether oxygens (including phenoxy) is 1. The molecule has 2 rings (SSSR count). The van der Waals surface area contributed by atoms with Gasteiger partial charge in [-0.1, -0.05) is 32.9 Å². The number of rotatable bonds is 6. The van der Waals surface area contributed by atoms with Crippen molar-refractivity contribution in [2.75, 3.05) is 13.2 Å². The van der Waals surface area contributed by atoms with Crippen molar-refractivity contribution in [1.29, 1.82) is 0 Å². The third-order valence-electron chi connectivity index (χ3n) is 3.75. The number of aryl methyl sites for hydroxylation is 1. The Morgan fingerprint density at radius 3 is 2.55 bits per heavy atom. The van der Waals surface area contributed by atoms with Crippen LogP contribution in [0.15, 0.2) is 18.2 Å². The Labute approximate surface area is 122 Å². The molecule has 1 aromatic rings. The zero-order valence-corrected chi connectivity index (χ0v) is 13.1. The maximum atomic E-state index is 9.36. The number of hydrogen-bond donors (Lipinski definition) is 2. The van der Waals surface area contributed by atoms with Crippen molar-refractivity contribution in [2.24, 2.45) is 0 Å². The minimum Gasteiger partial charge on any atom is -0.492 e. The highest BCUT2D eigenvalue weighted by atomic mass is 16.5. The van der Waals surface area contributed by atoms with E-state index >= 15 is 0 Å². The van der Waals surface area contributed by atoms with Gasteiger partial charge >= 0.3 is 0 Å². The van der Waals surface area contributed by atoms with Gasteiger partial charge in [0.2, 0.25) is 0 Å². The van der Waals surface area contributed by atoms with E-state index in [1.54, 1.807) is 0 Å². The highest BCUT2D eigenvalue weighted by Crippen LogP contribution is 2.27. The molecule has 0 saturated heterocycles. The summed E-state index contributed by atoms with van der Waals surface area (Å²) in [7, 11) is 0. The van der Waals surface area contributed by atoms with Crippen molar-refractivity contribution in [2.45, 2.75) is 58.0 Å². The fourth-order valence-electron chi connectivity index (χ4n) is 2.21. The van der Waals surface area contributed by atoms with Gasteiger partial charge in [0.25, 0.3) is 0 Å². The second kappa shape index (κ2) is 6.15. The lowest BCUT2D eigenvalue weighted by Gasteiger charge is -2.22. The molecule has 112 valence electrons. The molecule has 0 heterocycles. The van der Waals surface area contributed by atoms with Crippen LogP contribution in [0.1, 0.15) is 44.7 Å². The first kappa shape index (κ1) is 15.3. The number of aliphatic hydroxyl groups excluding tert-OH is 1. The second-order valence-corrected chi connectivity index (χ2v) is 6.86. The van der Waals surface area contributed by atoms with Gasteiger partial charge in [-0.3, -0.25) is 0 Å². The molecule has 0 spiro atoms. The van der Waals surface area contributed by atoms with E-state index in [4.69, 9.17) is 4.74 Å². The van der Waals surface area contributed by atoms with Crippen LogP contribution in [0.2, 0.25) is 0 Å². The first-order chi connectivity index (χ1) is 9.40. The van der Waals surface area contributed by atoms with Gasteiger partial charge in [-0.05, 0) is 42.4 Å². The largest absolute Gasteiger partial charge is 0.492 e. The standard InChI is InChI=1S/C17H27NO2/c1-12-9-13(17(2,3)4)5-8-16(12)20-11-15(10-19)18-14-6-7-14/h5,8-9,14-15,18-19H,6-7,10-11H2,1-4H3. The summed E-state index contributed by atoms with van der Waals surface area (Å²) in [4.78, 5) is 0. The Bertz CT molecular complexity index is 447. The van der Waals surface area contributed by atoms with Crippen LogP contribution in [-0.2, 0) is 5.41 Å². The van der Waals surface area contributed by atoms with E-state index < -0.39 is 0 Å². The molecule has 1 aliphatic rings. The van der Waals surface area contributed by atoms with Crippen molar-refractivity contribution in [1.82, 2.24) is 5.32 Å². The van der Waals surface area contributed by atoms with E-state index in [0.29, 0.717) is 12.6 Å². The second-order valence-electron chi connectivity index (χ2n) is 6.86. The fraction of sp³-hybridized carbons (Fsp3) is 0.647. The van der Waals surface area contributed by atoms with Gasteiger partial charge in [0.15, 0.2) is 0 Å². The minimum atomic E-state index is 0.0317. The predicted octanol–water partition coefficient (Wildman–Crippen LogP) is 2.78. The highest BCUT2D eigenvalue weighted by Gasteiger charge is 2.24. The van der Waals surface area contributed by atoms with Crippen molar-refractivity contribution < 1.29 is 9.84 Å². The van der Waals surface area contributed by atoms with Crippen LogP contribution >= 0.6 is 0 Å². The average Bonchev–Trinajstić information content (AvgIpc) is 3.18. The Hall–Kier alpha value is -1.06. The third-order valence-corrected chi connectivity index (χ3v) is 3.75. The van der Waals surface area contributed by atoms with Gasteiger partial charge in [-0.15, -0.1) is 0 Å². The maximum absolute atomic E-state index is 9.36. The first-order valence-electron chi connectivity index (χ1n) is 7.51. The van der Waals surface area contributed by atoms with E-state index in [9.17, 15) is 5.11 Å². The van der Waals surface area contributed by atoms with Gasteiger partial charge in [0, 0.05) is 6.04 Å². The van der Waals surface area contributed by atoms with Gasteiger partial charge in [0.05, 0.1) is 12.6 Å². The molecule has 0 bridgehead atoms. The van der Waals surface area contributed by atoms with E-state index in [-0.39, 0.29) is 18.1 Å². The summed E-state index contributed by atoms with van der Waals surface area (Å²) < 4.78 is 5.86. The van der Waals surface area contributed by atoms with Crippen molar-refractivity contribution >= 4 is 0 Å². The van der Waals surface area contributed by atoms with Crippen molar-refractivity contribution in [3.63, 3.8) is 0 Å². The summed E-state index contributed by atoms with van der Waals surface area (Å²) in [6.45, 7) is 9.35. The lowest BCUT2D eigenvalue weighted by atomic mass is 9.86. The smallest absolute Gasteiger partial charge is 0.122 e. The highest BCUT2D eigenvalue weighted by molar-refractivity contribution is 5.38. The molecule has 0 aliphatic heterocycles. The fourth-order valence-corrected chi connectivity index (χ4v) is 2.21. The van der Waals surface area contributed by atoms with Crippen LogP contribution in [0.5, 0.6) is 5.75 Å². The molecule has 1 atom stereocenters. The number of nitrogens with one attached hydrogen (secondary N) is 1. The molecule has 1 aliphatic carbocycles. The molecule has 0 amide bonds. The minimum absolute atomic E-state index is 0.0317. The molecule has 2 N–H and O–H groups in total. The van der Waals surface area contributed by atoms with Gasteiger partial charge in [-0.25, -0.2) is 0 Å². The number of hydrogen-bond acceptors (Lipinski definition) is 3. The summed E-state index contributed by atoms with van der Waals surface area (Å²) in [5.74, 6) is 0.911. The molecular weight excluding hydrogens is 250 g/mol. The lowest BCUT2D eigenvalue weighted by Crippen LogP contribution is -2.39. The molecule has 3 nitrogen and oxygen atoms in total. The van der Waals surface area contributed by atoms with Crippen LogP contribution in [0.3, 0.4) is 0 Å². The molecule has 1 fully saturated rings. The molecular formula is C17H27NO2. The van der Waals surface area contributed by atoms with Crippen LogP contribution in [0.4, 0.5) is 0 Å². The normalized spacial score (nSPS) is 17.1. The lowest BCUT2D eigenvalue weighted by molar-refractivity contribution is 0.181. The quantitative estimate of drug-likeness (QED) is 0.840.